The topological polar surface area (TPSA) is 79.2 Å². The van der Waals surface area contributed by atoms with E-state index in [1.807, 2.05) is 0 Å². The Morgan fingerprint density at radius 3 is 2.50 bits per heavy atom. The van der Waals surface area contributed by atoms with Crippen LogP contribution in [0.15, 0.2) is 0 Å². The number of ether oxygens (including phenoxy) is 2. The van der Waals surface area contributed by atoms with Crippen molar-refractivity contribution in [3.63, 3.8) is 0 Å². The second-order valence-electron chi connectivity index (χ2n) is 3.17. The predicted molar refractivity (Wildman–Crippen MR) is 37.5 cm³/mol. The van der Waals surface area contributed by atoms with E-state index in [-0.39, 0.29) is 12.7 Å². The summed E-state index contributed by atoms with van der Waals surface area (Å²) in [4.78, 5) is 0. The molecule has 0 aromatic rings. The normalized spacial score (nSPS) is 52.8. The van der Waals surface area contributed by atoms with Crippen LogP contribution in [0.1, 0.15) is 0 Å². The number of aliphatic hydroxyl groups excluding tert-OH is 3. The molecule has 3 N–H and O–H groups in total. The monoisotopic (exact) mass is 176 g/mol. The second-order valence-corrected chi connectivity index (χ2v) is 3.17. The van der Waals surface area contributed by atoms with E-state index < -0.39 is 24.4 Å². The summed E-state index contributed by atoms with van der Waals surface area (Å²) in [6.07, 6.45) is -3.24. The average molecular weight is 176 g/mol. The van der Waals surface area contributed by atoms with Crippen LogP contribution in [-0.4, -0.2) is 59.1 Å². The van der Waals surface area contributed by atoms with Crippen molar-refractivity contribution < 1.29 is 24.8 Å². The molecule has 4 unspecified atom stereocenters. The number of hydrogen-bond donors (Lipinski definition) is 3. The van der Waals surface area contributed by atoms with Crippen molar-refractivity contribution in [1.29, 1.82) is 0 Å². The fourth-order valence-corrected chi connectivity index (χ4v) is 1.59. The van der Waals surface area contributed by atoms with Gasteiger partial charge in [-0.25, -0.2) is 0 Å². The van der Waals surface area contributed by atoms with Gasteiger partial charge in [-0.05, 0) is 0 Å². The van der Waals surface area contributed by atoms with Crippen LogP contribution in [0.4, 0.5) is 0 Å². The Kier molecular flexibility index (Phi) is 2.05. The van der Waals surface area contributed by atoms with E-state index in [2.05, 4.69) is 0 Å². The lowest BCUT2D eigenvalue weighted by atomic mass is 9.92. The SMILES string of the molecule is OCC1O[C@H]2COC2C(O)C1O. The smallest absolute Gasteiger partial charge is 0.115 e. The first kappa shape index (κ1) is 8.40. The molecule has 2 aliphatic rings. The Morgan fingerprint density at radius 2 is 2.00 bits per heavy atom. The summed E-state index contributed by atoms with van der Waals surface area (Å²) in [7, 11) is 0. The molecule has 5 heteroatoms. The van der Waals surface area contributed by atoms with Crippen LogP contribution in [0.25, 0.3) is 0 Å². The minimum atomic E-state index is -1.04. The lowest BCUT2D eigenvalue weighted by molar-refractivity contribution is -0.305. The maximum Gasteiger partial charge on any atom is 0.115 e. The van der Waals surface area contributed by atoms with Crippen molar-refractivity contribution in [3.8, 4) is 0 Å². The Labute approximate surface area is 69.5 Å². The van der Waals surface area contributed by atoms with Crippen LogP contribution >= 0.6 is 0 Å². The zero-order valence-corrected chi connectivity index (χ0v) is 6.46. The average Bonchev–Trinajstić information content (AvgIpc) is 2.01. The molecule has 70 valence electrons. The van der Waals surface area contributed by atoms with Gasteiger partial charge in [0.15, 0.2) is 0 Å². The highest BCUT2D eigenvalue weighted by molar-refractivity contribution is 4.97. The minimum Gasteiger partial charge on any atom is -0.394 e. The number of aliphatic hydroxyl groups is 3. The molecule has 5 nitrogen and oxygen atoms in total. The molecule has 0 saturated carbocycles. The summed E-state index contributed by atoms with van der Waals surface area (Å²) in [5, 5.41) is 27.5. The molecule has 0 aromatic heterocycles. The van der Waals surface area contributed by atoms with Crippen LogP contribution in [-0.2, 0) is 9.47 Å². The molecule has 0 bridgehead atoms. The van der Waals surface area contributed by atoms with Crippen molar-refractivity contribution in [2.45, 2.75) is 30.5 Å². The van der Waals surface area contributed by atoms with Gasteiger partial charge in [-0.2, -0.15) is 0 Å². The van der Waals surface area contributed by atoms with Crippen molar-refractivity contribution in [2.75, 3.05) is 13.2 Å². The molecule has 0 aliphatic carbocycles. The first-order valence-corrected chi connectivity index (χ1v) is 3.98. The molecule has 2 rings (SSSR count). The van der Waals surface area contributed by atoms with E-state index in [1.54, 1.807) is 0 Å². The van der Waals surface area contributed by atoms with Gasteiger partial charge in [0.05, 0.1) is 13.2 Å². The van der Waals surface area contributed by atoms with Gasteiger partial charge in [0, 0.05) is 0 Å². The Hall–Kier alpha value is -0.200. The summed E-state index contributed by atoms with van der Waals surface area (Å²) in [5.74, 6) is 0. The number of rotatable bonds is 1. The summed E-state index contributed by atoms with van der Waals surface area (Å²) < 4.78 is 10.2. The van der Waals surface area contributed by atoms with Crippen LogP contribution in [0.3, 0.4) is 0 Å². The fourth-order valence-electron chi connectivity index (χ4n) is 1.59. The van der Waals surface area contributed by atoms with Crippen molar-refractivity contribution in [2.24, 2.45) is 0 Å². The molecule has 2 aliphatic heterocycles. The maximum absolute atomic E-state index is 9.40. The van der Waals surface area contributed by atoms with E-state index in [1.165, 1.54) is 0 Å². The van der Waals surface area contributed by atoms with Gasteiger partial charge in [0.1, 0.15) is 30.5 Å². The van der Waals surface area contributed by atoms with E-state index in [0.717, 1.165) is 0 Å². The Morgan fingerprint density at radius 1 is 1.25 bits per heavy atom. The van der Waals surface area contributed by atoms with Gasteiger partial charge in [-0.3, -0.25) is 0 Å². The zero-order chi connectivity index (χ0) is 8.72. The number of fused-ring (bicyclic) bond motifs is 1. The van der Waals surface area contributed by atoms with Gasteiger partial charge >= 0.3 is 0 Å². The Balaban J connectivity index is 2.04. The van der Waals surface area contributed by atoms with Crippen molar-refractivity contribution in [3.05, 3.63) is 0 Å². The molecule has 0 aromatic carbocycles. The zero-order valence-electron chi connectivity index (χ0n) is 6.46. The summed E-state index contributed by atoms with van der Waals surface area (Å²) in [6.45, 7) is 0.159. The largest absolute Gasteiger partial charge is 0.394 e. The molecule has 0 radical (unpaired) electrons. The molecule has 12 heavy (non-hydrogen) atoms. The lowest BCUT2D eigenvalue weighted by Gasteiger charge is -2.48. The third kappa shape index (κ3) is 1.06. The van der Waals surface area contributed by atoms with Crippen LogP contribution < -0.4 is 0 Å². The standard InChI is InChI=1S/C7H12O5/c8-1-3-5(9)6(10)7-4(12-3)2-11-7/h3-10H,1-2H2/t3?,4-,5?,6?,7?/m0/s1. The molecule has 2 fully saturated rings. The molecule has 5 atom stereocenters. The van der Waals surface area contributed by atoms with Crippen molar-refractivity contribution >= 4 is 0 Å². The van der Waals surface area contributed by atoms with Crippen LogP contribution in [0.5, 0.6) is 0 Å². The molecule has 0 amide bonds. The highest BCUT2D eigenvalue weighted by Gasteiger charge is 2.49. The van der Waals surface area contributed by atoms with Gasteiger partial charge in [-0.15, -0.1) is 0 Å². The van der Waals surface area contributed by atoms with Gasteiger partial charge in [-0.1, -0.05) is 0 Å². The van der Waals surface area contributed by atoms with E-state index in [0.29, 0.717) is 6.61 Å². The van der Waals surface area contributed by atoms with E-state index in [9.17, 15) is 10.2 Å². The van der Waals surface area contributed by atoms with E-state index >= 15 is 0 Å². The summed E-state index contributed by atoms with van der Waals surface area (Å²) in [6, 6.07) is 0. The maximum atomic E-state index is 9.40. The first-order valence-electron chi connectivity index (χ1n) is 3.98. The minimum absolute atomic E-state index is 0.166. The highest BCUT2D eigenvalue weighted by Crippen LogP contribution is 2.29. The third-order valence-electron chi connectivity index (χ3n) is 2.42. The predicted octanol–water partition coefficient (Wildman–Crippen LogP) is -2.13. The van der Waals surface area contributed by atoms with Crippen LogP contribution in [0.2, 0.25) is 0 Å². The first-order chi connectivity index (χ1) is 5.74. The third-order valence-corrected chi connectivity index (χ3v) is 2.42. The van der Waals surface area contributed by atoms with E-state index in [4.69, 9.17) is 14.6 Å². The molecule has 2 heterocycles. The molecule has 0 spiro atoms. The molecular formula is C7H12O5. The van der Waals surface area contributed by atoms with Gasteiger partial charge < -0.3 is 24.8 Å². The quantitative estimate of drug-likeness (QED) is 0.425. The lowest BCUT2D eigenvalue weighted by Crippen LogP contribution is -2.66. The van der Waals surface area contributed by atoms with Crippen LogP contribution in [0, 0.1) is 0 Å². The fraction of sp³-hybridized carbons (Fsp3) is 1.00. The highest BCUT2D eigenvalue weighted by atomic mass is 16.6. The summed E-state index contributed by atoms with van der Waals surface area (Å²) in [5.41, 5.74) is 0. The molecular weight excluding hydrogens is 164 g/mol. The van der Waals surface area contributed by atoms with Gasteiger partial charge in [0.2, 0.25) is 0 Å². The van der Waals surface area contributed by atoms with Gasteiger partial charge in [0.25, 0.3) is 0 Å². The Bertz CT molecular complexity index is 168. The number of hydrogen-bond acceptors (Lipinski definition) is 5. The summed E-state index contributed by atoms with van der Waals surface area (Å²) >= 11 is 0. The van der Waals surface area contributed by atoms with Crippen molar-refractivity contribution in [1.82, 2.24) is 0 Å². The molecule has 2 saturated heterocycles. The second kappa shape index (κ2) is 2.93.